The zero-order valence-electron chi connectivity index (χ0n) is 14.7. The van der Waals surface area contributed by atoms with Crippen molar-refractivity contribution >= 4 is 13.8 Å². The zero-order chi connectivity index (χ0) is 17.2. The Labute approximate surface area is 146 Å². The van der Waals surface area contributed by atoms with Crippen LogP contribution in [0.15, 0.2) is 84.9 Å². The molecule has 0 aliphatic carbocycles. The second-order valence-corrected chi connectivity index (χ2v) is 12.6. The molecule has 122 valence electrons. The van der Waals surface area contributed by atoms with Gasteiger partial charge in [0.05, 0.1) is 8.07 Å². The SMILES string of the molecule is C[Si](C)(C)C(c1ccccc1)(c1ccccc1)c1ccc(N)cc1. The number of nitrogen functional groups attached to an aromatic ring is 1. The summed E-state index contributed by atoms with van der Waals surface area (Å²) in [6.07, 6.45) is 0. The lowest BCUT2D eigenvalue weighted by Crippen LogP contribution is -2.51. The highest BCUT2D eigenvalue weighted by atomic mass is 28.3. The van der Waals surface area contributed by atoms with Crippen molar-refractivity contribution in [2.24, 2.45) is 0 Å². The number of nitrogens with two attached hydrogens (primary N) is 1. The summed E-state index contributed by atoms with van der Waals surface area (Å²) in [5, 5.41) is -0.108. The topological polar surface area (TPSA) is 26.0 Å². The summed E-state index contributed by atoms with van der Waals surface area (Å²) < 4.78 is 0. The van der Waals surface area contributed by atoms with E-state index in [0.29, 0.717) is 0 Å². The van der Waals surface area contributed by atoms with Crippen LogP contribution < -0.4 is 5.73 Å². The van der Waals surface area contributed by atoms with E-state index in [-0.39, 0.29) is 5.04 Å². The minimum Gasteiger partial charge on any atom is -0.399 e. The molecule has 3 aromatic rings. The predicted octanol–water partition coefficient (Wildman–Crippen LogP) is 5.48. The lowest BCUT2D eigenvalue weighted by atomic mass is 9.83. The molecule has 0 bridgehead atoms. The van der Waals surface area contributed by atoms with E-state index < -0.39 is 8.07 Å². The van der Waals surface area contributed by atoms with Crippen LogP contribution in [0.2, 0.25) is 19.6 Å². The number of hydrogen-bond donors (Lipinski definition) is 1. The van der Waals surface area contributed by atoms with Crippen molar-refractivity contribution in [1.82, 2.24) is 0 Å². The van der Waals surface area contributed by atoms with Crippen molar-refractivity contribution in [3.8, 4) is 0 Å². The van der Waals surface area contributed by atoms with Crippen LogP contribution in [-0.2, 0) is 5.04 Å². The second kappa shape index (κ2) is 6.29. The number of hydrogen-bond acceptors (Lipinski definition) is 1. The van der Waals surface area contributed by atoms with Gasteiger partial charge in [-0.05, 0) is 28.8 Å². The number of anilines is 1. The fourth-order valence-corrected chi connectivity index (χ4v) is 7.01. The molecule has 2 N–H and O–H groups in total. The summed E-state index contributed by atoms with van der Waals surface area (Å²) in [6, 6.07) is 30.3. The highest BCUT2D eigenvalue weighted by molar-refractivity contribution is 6.80. The maximum Gasteiger partial charge on any atom is 0.0668 e. The average Bonchev–Trinajstić information content (AvgIpc) is 2.58. The molecule has 0 fully saturated rings. The van der Waals surface area contributed by atoms with Crippen molar-refractivity contribution < 1.29 is 0 Å². The van der Waals surface area contributed by atoms with E-state index in [0.717, 1.165) is 5.69 Å². The Morgan fingerprint density at radius 2 is 0.958 bits per heavy atom. The normalized spacial score (nSPS) is 12.1. The average molecular weight is 332 g/mol. The quantitative estimate of drug-likeness (QED) is 0.382. The van der Waals surface area contributed by atoms with Gasteiger partial charge < -0.3 is 5.73 Å². The third-order valence-corrected chi connectivity index (χ3v) is 8.00. The molecule has 3 rings (SSSR count). The van der Waals surface area contributed by atoms with E-state index in [9.17, 15) is 0 Å². The number of rotatable bonds is 4. The molecule has 0 atom stereocenters. The van der Waals surface area contributed by atoms with Gasteiger partial charge in [-0.25, -0.2) is 0 Å². The minimum atomic E-state index is -1.72. The summed E-state index contributed by atoms with van der Waals surface area (Å²) in [5.41, 5.74) is 10.8. The van der Waals surface area contributed by atoms with Gasteiger partial charge in [-0.1, -0.05) is 92.4 Å². The lowest BCUT2D eigenvalue weighted by molar-refractivity contribution is 0.829. The number of benzene rings is 3. The lowest BCUT2D eigenvalue weighted by Gasteiger charge is -2.45. The first kappa shape index (κ1) is 16.5. The van der Waals surface area contributed by atoms with Crippen molar-refractivity contribution in [3.05, 3.63) is 102 Å². The van der Waals surface area contributed by atoms with Crippen molar-refractivity contribution in [2.75, 3.05) is 5.73 Å². The van der Waals surface area contributed by atoms with Crippen molar-refractivity contribution in [1.29, 1.82) is 0 Å². The molecule has 0 saturated carbocycles. The Bertz CT molecular complexity index is 747. The van der Waals surface area contributed by atoms with Crippen LogP contribution in [0.5, 0.6) is 0 Å². The Kier molecular flexibility index (Phi) is 4.33. The molecule has 24 heavy (non-hydrogen) atoms. The standard InChI is InChI=1S/C22H25NSi/c1-24(2,3)22(18-10-6-4-7-11-18,19-12-8-5-9-13-19)20-14-16-21(23)17-15-20/h4-17H,23H2,1-3H3. The van der Waals surface area contributed by atoms with Gasteiger partial charge in [0.25, 0.3) is 0 Å². The van der Waals surface area contributed by atoms with Gasteiger partial charge in [0.1, 0.15) is 0 Å². The first-order valence-electron chi connectivity index (χ1n) is 8.43. The summed E-state index contributed by atoms with van der Waals surface area (Å²) in [6.45, 7) is 7.34. The van der Waals surface area contributed by atoms with Crippen molar-refractivity contribution in [3.63, 3.8) is 0 Å². The Morgan fingerprint density at radius 1 is 0.583 bits per heavy atom. The van der Waals surface area contributed by atoms with Gasteiger partial charge in [-0.2, -0.15) is 0 Å². The molecule has 0 unspecified atom stereocenters. The van der Waals surface area contributed by atoms with Gasteiger partial charge in [0.15, 0.2) is 0 Å². The maximum absolute atomic E-state index is 5.97. The van der Waals surface area contributed by atoms with Crippen LogP contribution in [-0.4, -0.2) is 8.07 Å². The first-order chi connectivity index (χ1) is 11.5. The molecule has 0 aromatic heterocycles. The molecule has 0 amide bonds. The molecule has 0 spiro atoms. The predicted molar refractivity (Wildman–Crippen MR) is 107 cm³/mol. The monoisotopic (exact) mass is 331 g/mol. The molecule has 3 aromatic carbocycles. The molecule has 2 heteroatoms. The highest BCUT2D eigenvalue weighted by Crippen LogP contribution is 2.46. The summed E-state index contributed by atoms with van der Waals surface area (Å²) >= 11 is 0. The molecular formula is C22H25NSi. The van der Waals surface area contributed by atoms with E-state index in [1.54, 1.807) is 0 Å². The van der Waals surface area contributed by atoms with E-state index in [4.69, 9.17) is 5.73 Å². The molecule has 0 aliphatic heterocycles. The van der Waals surface area contributed by atoms with E-state index in [2.05, 4.69) is 92.4 Å². The van der Waals surface area contributed by atoms with Gasteiger partial charge in [0, 0.05) is 10.7 Å². The minimum absolute atomic E-state index is 0.108. The van der Waals surface area contributed by atoms with Crippen molar-refractivity contribution in [2.45, 2.75) is 24.7 Å². The van der Waals surface area contributed by atoms with Gasteiger partial charge in [-0.15, -0.1) is 0 Å². The van der Waals surface area contributed by atoms with Crippen LogP contribution in [0.25, 0.3) is 0 Å². The molecule has 0 radical (unpaired) electrons. The van der Waals surface area contributed by atoms with Gasteiger partial charge in [-0.3, -0.25) is 0 Å². The third kappa shape index (κ3) is 2.67. The molecule has 0 saturated heterocycles. The summed E-state index contributed by atoms with van der Waals surface area (Å²) in [4.78, 5) is 0. The molecule has 1 nitrogen and oxygen atoms in total. The van der Waals surface area contributed by atoms with Crippen LogP contribution in [0.1, 0.15) is 16.7 Å². The maximum atomic E-state index is 5.97. The fourth-order valence-electron chi connectivity index (χ4n) is 3.91. The molecule has 0 heterocycles. The van der Waals surface area contributed by atoms with Crippen LogP contribution in [0.4, 0.5) is 5.69 Å². The van der Waals surface area contributed by atoms with E-state index >= 15 is 0 Å². The highest BCUT2D eigenvalue weighted by Gasteiger charge is 2.47. The molecule has 0 aliphatic rings. The summed E-state index contributed by atoms with van der Waals surface area (Å²) in [5.74, 6) is 0. The van der Waals surface area contributed by atoms with Crippen LogP contribution in [0.3, 0.4) is 0 Å². The third-order valence-electron chi connectivity index (χ3n) is 4.88. The smallest absolute Gasteiger partial charge is 0.0668 e. The fraction of sp³-hybridized carbons (Fsp3) is 0.182. The Balaban J connectivity index is 2.40. The van der Waals surface area contributed by atoms with Crippen LogP contribution in [0, 0.1) is 0 Å². The van der Waals surface area contributed by atoms with E-state index in [1.807, 2.05) is 12.1 Å². The van der Waals surface area contributed by atoms with Gasteiger partial charge in [0.2, 0.25) is 0 Å². The largest absolute Gasteiger partial charge is 0.399 e. The summed E-state index contributed by atoms with van der Waals surface area (Å²) in [7, 11) is -1.72. The van der Waals surface area contributed by atoms with E-state index in [1.165, 1.54) is 16.7 Å². The zero-order valence-corrected chi connectivity index (χ0v) is 15.7. The van der Waals surface area contributed by atoms with Crippen LogP contribution >= 0.6 is 0 Å². The first-order valence-corrected chi connectivity index (χ1v) is 11.9. The molecular weight excluding hydrogens is 306 g/mol. The Hall–Kier alpha value is -2.32. The Morgan fingerprint density at radius 3 is 1.33 bits per heavy atom. The van der Waals surface area contributed by atoms with Gasteiger partial charge >= 0.3 is 0 Å². The second-order valence-electron chi connectivity index (χ2n) is 7.35.